The zero-order chi connectivity index (χ0) is 20.9. The summed E-state index contributed by atoms with van der Waals surface area (Å²) in [6, 6.07) is 9.39. The van der Waals surface area contributed by atoms with Crippen LogP contribution in [0.4, 0.5) is 0 Å². The van der Waals surface area contributed by atoms with Crippen LogP contribution in [-0.4, -0.2) is 17.1 Å². The summed E-state index contributed by atoms with van der Waals surface area (Å²) in [6.45, 7) is 0. The van der Waals surface area contributed by atoms with Crippen LogP contribution < -0.4 is 15.7 Å². The number of nitro groups is 1. The van der Waals surface area contributed by atoms with E-state index in [2.05, 4.69) is 21.2 Å². The van der Waals surface area contributed by atoms with E-state index in [0.717, 1.165) is 0 Å². The second-order valence-corrected chi connectivity index (χ2v) is 7.50. The number of fused-ring (bicyclic) bond motifs is 2. The fourth-order valence-corrected chi connectivity index (χ4v) is 4.31. The molecule has 0 bridgehead atoms. The Labute approximate surface area is 176 Å². The Kier molecular flexibility index (Phi) is 4.71. The summed E-state index contributed by atoms with van der Waals surface area (Å²) in [7, 11) is 1.45. The number of allylic oxidation sites excluding steroid dienone is 1. The minimum atomic E-state index is -1.29. The van der Waals surface area contributed by atoms with E-state index in [1.165, 1.54) is 19.2 Å². The molecule has 0 saturated carbocycles. The molecular weight excluding hydrogens is 468 g/mol. The van der Waals surface area contributed by atoms with Gasteiger partial charge < -0.3 is 19.6 Å². The van der Waals surface area contributed by atoms with Crippen molar-refractivity contribution in [3.63, 3.8) is 0 Å². The Morgan fingerprint density at radius 1 is 1.31 bits per heavy atom. The molecule has 1 aliphatic heterocycles. The lowest BCUT2D eigenvalue weighted by Gasteiger charge is -2.26. The Hall–Kier alpha value is -3.04. The summed E-state index contributed by atoms with van der Waals surface area (Å²) >= 11 is 9.49. The maximum absolute atomic E-state index is 12.8. The molecule has 10 heteroatoms. The molecule has 2 N–H and O–H groups in total. The van der Waals surface area contributed by atoms with Crippen LogP contribution in [0.2, 0.25) is 5.02 Å². The lowest BCUT2D eigenvalue weighted by molar-refractivity contribution is -0.433. The van der Waals surface area contributed by atoms with Gasteiger partial charge in [-0.15, -0.1) is 0 Å². The second kappa shape index (κ2) is 7.09. The number of para-hydroxylation sites is 1. The predicted octanol–water partition coefficient (Wildman–Crippen LogP) is 4.10. The second-order valence-electron chi connectivity index (χ2n) is 6.21. The number of ether oxygens (including phenoxy) is 1. The van der Waals surface area contributed by atoms with Crippen molar-refractivity contribution < 1.29 is 19.2 Å². The van der Waals surface area contributed by atoms with E-state index in [-0.39, 0.29) is 38.8 Å². The van der Waals surface area contributed by atoms with Gasteiger partial charge in [-0.2, -0.15) is 0 Å². The third-order valence-electron chi connectivity index (χ3n) is 4.59. The van der Waals surface area contributed by atoms with Crippen LogP contribution in [0.5, 0.6) is 11.5 Å². The normalized spacial score (nSPS) is 15.8. The molecule has 1 unspecified atom stereocenters. The van der Waals surface area contributed by atoms with Gasteiger partial charge in [0.15, 0.2) is 0 Å². The van der Waals surface area contributed by atoms with Crippen molar-refractivity contribution in [3.05, 3.63) is 89.1 Å². The third kappa shape index (κ3) is 3.02. The Balaban J connectivity index is 2.14. The molecule has 0 fully saturated rings. The fourth-order valence-electron chi connectivity index (χ4n) is 3.40. The van der Waals surface area contributed by atoms with Crippen molar-refractivity contribution in [1.82, 2.24) is 5.32 Å². The molecule has 0 aliphatic carbocycles. The number of rotatable bonds is 3. The first-order valence-corrected chi connectivity index (χ1v) is 9.48. The van der Waals surface area contributed by atoms with Crippen LogP contribution in [0.3, 0.4) is 0 Å². The maximum Gasteiger partial charge on any atom is 0.344 e. The first-order chi connectivity index (χ1) is 13.8. The number of halogens is 2. The van der Waals surface area contributed by atoms with Gasteiger partial charge in [0, 0.05) is 17.6 Å². The van der Waals surface area contributed by atoms with Crippen molar-refractivity contribution in [2.45, 2.75) is 5.92 Å². The molecule has 148 valence electrons. The molecule has 2 aromatic carbocycles. The van der Waals surface area contributed by atoms with Gasteiger partial charge in [-0.1, -0.05) is 23.7 Å². The van der Waals surface area contributed by atoms with Crippen LogP contribution in [0.15, 0.2) is 61.7 Å². The number of hydrogen-bond donors (Lipinski definition) is 2. The molecule has 0 spiro atoms. The molecular formula is C19H12BrClN2O6. The zero-order valence-corrected chi connectivity index (χ0v) is 17.1. The first kappa shape index (κ1) is 19.3. The van der Waals surface area contributed by atoms with E-state index in [1.54, 1.807) is 24.3 Å². The number of hydrogen-bond acceptors (Lipinski definition) is 7. The molecule has 2 heterocycles. The third-order valence-corrected chi connectivity index (χ3v) is 5.40. The van der Waals surface area contributed by atoms with Crippen LogP contribution in [0.1, 0.15) is 17.0 Å². The van der Waals surface area contributed by atoms with E-state index in [1.807, 2.05) is 0 Å². The van der Waals surface area contributed by atoms with Gasteiger partial charge in [-0.3, -0.25) is 10.1 Å². The zero-order valence-electron chi connectivity index (χ0n) is 14.7. The number of nitrogens with zero attached hydrogens (tertiary/aromatic N) is 1. The average Bonchev–Trinajstić information content (AvgIpc) is 2.67. The molecule has 1 aliphatic rings. The molecule has 8 nitrogen and oxygen atoms in total. The van der Waals surface area contributed by atoms with Crippen LogP contribution in [0, 0.1) is 10.1 Å². The van der Waals surface area contributed by atoms with Crippen molar-refractivity contribution in [1.29, 1.82) is 0 Å². The van der Waals surface area contributed by atoms with Crippen LogP contribution in [0.25, 0.3) is 11.0 Å². The highest BCUT2D eigenvalue weighted by Crippen LogP contribution is 2.48. The summed E-state index contributed by atoms with van der Waals surface area (Å²) in [4.78, 5) is 24.1. The van der Waals surface area contributed by atoms with E-state index in [0.29, 0.717) is 4.47 Å². The molecule has 0 saturated heterocycles. The van der Waals surface area contributed by atoms with E-state index < -0.39 is 27.9 Å². The molecule has 0 radical (unpaired) electrons. The fraction of sp³-hybridized carbons (Fsp3) is 0.105. The summed E-state index contributed by atoms with van der Waals surface area (Å²) in [5, 5.41) is 26.0. The minimum absolute atomic E-state index is 0.164. The lowest BCUT2D eigenvalue weighted by Crippen LogP contribution is -2.30. The molecule has 0 amide bonds. The maximum atomic E-state index is 12.8. The van der Waals surface area contributed by atoms with E-state index >= 15 is 0 Å². The SMILES string of the molecule is CNC1=C([N+](=O)[O-])C(c2c(O)c3ccccc3oc2=O)c2cc(Cl)cc(Br)c2O1. The molecule has 29 heavy (non-hydrogen) atoms. The lowest BCUT2D eigenvalue weighted by atomic mass is 9.86. The molecule has 3 aromatic rings. The summed E-state index contributed by atoms with van der Waals surface area (Å²) < 4.78 is 11.4. The van der Waals surface area contributed by atoms with Gasteiger partial charge in [0.2, 0.25) is 0 Å². The highest BCUT2D eigenvalue weighted by molar-refractivity contribution is 9.10. The van der Waals surface area contributed by atoms with Gasteiger partial charge in [0.05, 0.1) is 20.3 Å². The molecule has 1 aromatic heterocycles. The summed E-state index contributed by atoms with van der Waals surface area (Å²) in [5.74, 6) is -1.61. The van der Waals surface area contributed by atoms with Gasteiger partial charge in [0.1, 0.15) is 23.0 Å². The summed E-state index contributed by atoms with van der Waals surface area (Å²) in [6.07, 6.45) is 0. The van der Waals surface area contributed by atoms with Gasteiger partial charge in [0.25, 0.3) is 5.88 Å². The number of nitrogens with one attached hydrogen (secondary N) is 1. The van der Waals surface area contributed by atoms with E-state index in [9.17, 15) is 20.0 Å². The Bertz CT molecular complexity index is 1270. The van der Waals surface area contributed by atoms with Gasteiger partial charge in [-0.05, 0) is 40.2 Å². The first-order valence-electron chi connectivity index (χ1n) is 8.31. The number of aromatic hydroxyl groups is 1. The topological polar surface area (TPSA) is 115 Å². The van der Waals surface area contributed by atoms with Crippen LogP contribution >= 0.6 is 27.5 Å². The highest BCUT2D eigenvalue weighted by atomic mass is 79.9. The highest BCUT2D eigenvalue weighted by Gasteiger charge is 2.44. The van der Waals surface area contributed by atoms with Crippen molar-refractivity contribution >= 4 is 38.5 Å². The monoisotopic (exact) mass is 478 g/mol. The van der Waals surface area contributed by atoms with Gasteiger partial charge in [-0.25, -0.2) is 4.79 Å². The van der Waals surface area contributed by atoms with Crippen molar-refractivity contribution in [2.75, 3.05) is 7.05 Å². The quantitative estimate of drug-likeness (QED) is 0.330. The molecule has 1 atom stereocenters. The number of benzene rings is 2. The Morgan fingerprint density at radius 2 is 2.03 bits per heavy atom. The smallest absolute Gasteiger partial charge is 0.344 e. The molecule has 4 rings (SSSR count). The average molecular weight is 480 g/mol. The largest absolute Gasteiger partial charge is 0.507 e. The minimum Gasteiger partial charge on any atom is -0.507 e. The predicted molar refractivity (Wildman–Crippen MR) is 109 cm³/mol. The van der Waals surface area contributed by atoms with E-state index in [4.69, 9.17) is 20.8 Å². The van der Waals surface area contributed by atoms with Crippen LogP contribution in [-0.2, 0) is 0 Å². The van der Waals surface area contributed by atoms with Crippen molar-refractivity contribution in [2.24, 2.45) is 0 Å². The summed E-state index contributed by atoms with van der Waals surface area (Å²) in [5.41, 5.74) is -1.22. The van der Waals surface area contributed by atoms with Gasteiger partial charge >= 0.3 is 11.3 Å². The standard InChI is InChI=1S/C19H12BrClN2O6/c1-22-18-15(23(26)27)13(10-6-8(21)7-11(20)17(10)29-18)14-16(24)9-4-2-3-5-12(9)28-19(14)25/h2-7,13,22,24H,1H3. The van der Waals surface area contributed by atoms with Crippen molar-refractivity contribution in [3.8, 4) is 11.5 Å². The Morgan fingerprint density at radius 3 is 2.72 bits per heavy atom.